The summed E-state index contributed by atoms with van der Waals surface area (Å²) in [5, 5.41) is 0. The molecule has 0 N–H and O–H groups in total. The van der Waals surface area contributed by atoms with Crippen molar-refractivity contribution in [2.75, 3.05) is 0 Å². The van der Waals surface area contributed by atoms with Gasteiger partial charge >= 0.3 is 0 Å². The fourth-order valence-electron chi connectivity index (χ4n) is 4.05. The van der Waals surface area contributed by atoms with Gasteiger partial charge in [0.2, 0.25) is 0 Å². The van der Waals surface area contributed by atoms with Crippen LogP contribution in [0.1, 0.15) is 63.5 Å². The van der Waals surface area contributed by atoms with Crippen LogP contribution in [-0.2, 0) is 5.41 Å². The Morgan fingerprint density at radius 2 is 1.45 bits per heavy atom. The van der Waals surface area contributed by atoms with Crippen molar-refractivity contribution in [2.45, 2.75) is 57.8 Å². The van der Waals surface area contributed by atoms with Crippen molar-refractivity contribution in [3.63, 3.8) is 0 Å². The number of hydrogen-bond acceptors (Lipinski definition) is 0. The van der Waals surface area contributed by atoms with Crippen LogP contribution in [0, 0.1) is 0 Å². The van der Waals surface area contributed by atoms with Crippen LogP contribution in [0.4, 0.5) is 0 Å². The van der Waals surface area contributed by atoms with Gasteiger partial charge in [0.25, 0.3) is 0 Å². The Kier molecular flexibility index (Phi) is 4.73. The van der Waals surface area contributed by atoms with Gasteiger partial charge in [0, 0.05) is 9.89 Å². The Balaban J connectivity index is 2.20. The van der Waals surface area contributed by atoms with Gasteiger partial charge in [-0.25, -0.2) is 0 Å². The van der Waals surface area contributed by atoms with Crippen LogP contribution in [-0.4, -0.2) is 0 Å². The standard InChI is InChI=1S/C21H25Br/c1-3-5-13-21(14-6-4-2)19-10-8-7-9-17(19)18-12-11-16(22)15-20(18)21/h7-12,15H,3-6,13-14H2,1-2H3. The summed E-state index contributed by atoms with van der Waals surface area (Å²) >= 11 is 3.70. The molecular formula is C21H25Br. The molecule has 0 unspecified atom stereocenters. The molecule has 0 spiro atoms. The summed E-state index contributed by atoms with van der Waals surface area (Å²) in [7, 11) is 0. The van der Waals surface area contributed by atoms with Crippen molar-refractivity contribution in [2.24, 2.45) is 0 Å². The van der Waals surface area contributed by atoms with E-state index in [-0.39, 0.29) is 5.41 Å². The maximum atomic E-state index is 3.70. The predicted octanol–water partition coefficient (Wildman–Crippen LogP) is 7.10. The summed E-state index contributed by atoms with van der Waals surface area (Å²) in [4.78, 5) is 0. The van der Waals surface area contributed by atoms with E-state index in [1.54, 1.807) is 11.1 Å². The van der Waals surface area contributed by atoms with Crippen LogP contribution in [0.5, 0.6) is 0 Å². The first-order valence-electron chi connectivity index (χ1n) is 8.63. The smallest absolute Gasteiger partial charge is 0.0215 e. The molecule has 0 nitrogen and oxygen atoms in total. The van der Waals surface area contributed by atoms with Gasteiger partial charge in [-0.2, -0.15) is 0 Å². The van der Waals surface area contributed by atoms with Gasteiger partial charge in [-0.1, -0.05) is 85.8 Å². The van der Waals surface area contributed by atoms with Crippen LogP contribution < -0.4 is 0 Å². The first-order chi connectivity index (χ1) is 10.7. The summed E-state index contributed by atoms with van der Waals surface area (Å²) in [6.07, 6.45) is 7.65. The molecule has 1 heteroatoms. The lowest BCUT2D eigenvalue weighted by Gasteiger charge is -2.32. The van der Waals surface area contributed by atoms with Crippen LogP contribution in [0.15, 0.2) is 46.9 Å². The molecule has 2 aromatic carbocycles. The van der Waals surface area contributed by atoms with Crippen molar-refractivity contribution < 1.29 is 0 Å². The summed E-state index contributed by atoms with van der Waals surface area (Å²) in [6, 6.07) is 15.9. The van der Waals surface area contributed by atoms with Crippen molar-refractivity contribution in [3.8, 4) is 11.1 Å². The Morgan fingerprint density at radius 3 is 2.14 bits per heavy atom. The van der Waals surface area contributed by atoms with E-state index in [9.17, 15) is 0 Å². The van der Waals surface area contributed by atoms with E-state index >= 15 is 0 Å². The topological polar surface area (TPSA) is 0 Å². The molecule has 0 radical (unpaired) electrons. The largest absolute Gasteiger partial charge is 0.0654 e. The van der Waals surface area contributed by atoms with Crippen molar-refractivity contribution in [1.82, 2.24) is 0 Å². The van der Waals surface area contributed by atoms with Gasteiger partial charge in [0.05, 0.1) is 0 Å². The Bertz CT molecular complexity index is 649. The van der Waals surface area contributed by atoms with Gasteiger partial charge in [0.1, 0.15) is 0 Å². The van der Waals surface area contributed by atoms with Crippen LogP contribution in [0.2, 0.25) is 0 Å². The van der Waals surface area contributed by atoms with Gasteiger partial charge in [-0.05, 0) is 47.2 Å². The Labute approximate surface area is 143 Å². The molecular weight excluding hydrogens is 332 g/mol. The van der Waals surface area contributed by atoms with E-state index in [2.05, 4.69) is 72.2 Å². The van der Waals surface area contributed by atoms with E-state index in [4.69, 9.17) is 0 Å². The molecule has 0 aliphatic heterocycles. The number of rotatable bonds is 6. The molecule has 1 aliphatic carbocycles. The predicted molar refractivity (Wildman–Crippen MR) is 99.4 cm³/mol. The molecule has 0 aromatic heterocycles. The maximum Gasteiger partial charge on any atom is 0.0215 e. The highest BCUT2D eigenvalue weighted by atomic mass is 79.9. The lowest BCUT2D eigenvalue weighted by atomic mass is 9.71. The fraction of sp³-hybridized carbons (Fsp3) is 0.429. The van der Waals surface area contributed by atoms with Gasteiger partial charge in [0.15, 0.2) is 0 Å². The third-order valence-corrected chi connectivity index (χ3v) is 5.64. The molecule has 0 fully saturated rings. The molecule has 0 heterocycles. The van der Waals surface area contributed by atoms with Gasteiger partial charge in [-0.3, -0.25) is 0 Å². The quantitative estimate of drug-likeness (QED) is 0.517. The molecule has 2 aromatic rings. The number of unbranched alkanes of at least 4 members (excludes halogenated alkanes) is 2. The number of halogens is 1. The van der Waals surface area contributed by atoms with Crippen LogP contribution in [0.25, 0.3) is 11.1 Å². The van der Waals surface area contributed by atoms with Crippen LogP contribution >= 0.6 is 15.9 Å². The lowest BCUT2D eigenvalue weighted by Crippen LogP contribution is -2.25. The van der Waals surface area contributed by atoms with E-state index < -0.39 is 0 Å². The second kappa shape index (κ2) is 6.58. The highest BCUT2D eigenvalue weighted by Gasteiger charge is 2.41. The molecule has 3 rings (SSSR count). The Morgan fingerprint density at radius 1 is 0.818 bits per heavy atom. The first kappa shape index (κ1) is 15.8. The van der Waals surface area contributed by atoms with Gasteiger partial charge in [-0.15, -0.1) is 0 Å². The molecule has 1 aliphatic rings. The van der Waals surface area contributed by atoms with E-state index in [1.807, 2.05) is 0 Å². The highest BCUT2D eigenvalue weighted by molar-refractivity contribution is 9.10. The first-order valence-corrected chi connectivity index (χ1v) is 9.42. The second-order valence-corrected chi connectivity index (χ2v) is 7.44. The summed E-state index contributed by atoms with van der Waals surface area (Å²) < 4.78 is 1.21. The monoisotopic (exact) mass is 356 g/mol. The third kappa shape index (κ3) is 2.54. The maximum absolute atomic E-state index is 3.70. The van der Waals surface area contributed by atoms with E-state index in [0.29, 0.717) is 0 Å². The molecule has 0 bridgehead atoms. The van der Waals surface area contributed by atoms with Crippen LogP contribution in [0.3, 0.4) is 0 Å². The lowest BCUT2D eigenvalue weighted by molar-refractivity contribution is 0.414. The molecule has 0 amide bonds. The summed E-state index contributed by atoms with van der Waals surface area (Å²) in [5.74, 6) is 0. The van der Waals surface area contributed by atoms with Gasteiger partial charge < -0.3 is 0 Å². The van der Waals surface area contributed by atoms with E-state index in [1.165, 1.54) is 54.1 Å². The summed E-state index contributed by atoms with van der Waals surface area (Å²) in [6.45, 7) is 4.60. The molecule has 0 atom stereocenters. The molecule has 22 heavy (non-hydrogen) atoms. The minimum atomic E-state index is 0.224. The van der Waals surface area contributed by atoms with Crippen molar-refractivity contribution in [3.05, 3.63) is 58.1 Å². The molecule has 0 saturated heterocycles. The van der Waals surface area contributed by atoms with Crippen molar-refractivity contribution >= 4 is 15.9 Å². The number of benzene rings is 2. The summed E-state index contributed by atoms with van der Waals surface area (Å²) in [5.41, 5.74) is 6.24. The zero-order chi connectivity index (χ0) is 15.6. The average molecular weight is 357 g/mol. The number of hydrogen-bond donors (Lipinski definition) is 0. The zero-order valence-electron chi connectivity index (χ0n) is 13.7. The normalized spacial score (nSPS) is 14.7. The van der Waals surface area contributed by atoms with E-state index in [0.717, 1.165) is 0 Å². The second-order valence-electron chi connectivity index (χ2n) is 6.52. The minimum absolute atomic E-state index is 0.224. The SMILES string of the molecule is CCCCC1(CCCC)c2ccccc2-c2ccc(Br)cc21. The highest BCUT2D eigenvalue weighted by Crippen LogP contribution is 2.54. The third-order valence-electron chi connectivity index (χ3n) is 5.14. The molecule has 116 valence electrons. The fourth-order valence-corrected chi connectivity index (χ4v) is 4.41. The zero-order valence-corrected chi connectivity index (χ0v) is 15.2. The number of fused-ring (bicyclic) bond motifs is 3. The Hall–Kier alpha value is -1.08. The molecule has 0 saturated carbocycles. The van der Waals surface area contributed by atoms with Crippen molar-refractivity contribution in [1.29, 1.82) is 0 Å². The minimum Gasteiger partial charge on any atom is -0.0654 e. The average Bonchev–Trinajstić information content (AvgIpc) is 2.81.